The van der Waals surface area contributed by atoms with Gasteiger partial charge in [0.25, 0.3) is 0 Å². The summed E-state index contributed by atoms with van der Waals surface area (Å²) in [4.78, 5) is 28.4. The van der Waals surface area contributed by atoms with Crippen molar-refractivity contribution in [3.63, 3.8) is 0 Å². The first kappa shape index (κ1) is 20.3. The molecule has 0 radical (unpaired) electrons. The van der Waals surface area contributed by atoms with E-state index in [2.05, 4.69) is 66.9 Å². The predicted octanol–water partition coefficient (Wildman–Crippen LogP) is 5.86. The lowest BCUT2D eigenvalue weighted by Crippen LogP contribution is -2.25. The predicted molar refractivity (Wildman–Crippen MR) is 129 cm³/mol. The Morgan fingerprint density at radius 1 is 0.853 bits per heavy atom. The highest BCUT2D eigenvalue weighted by Crippen LogP contribution is 2.96. The minimum Gasteiger partial charge on any atom is -0.481 e. The zero-order valence-electron chi connectivity index (χ0n) is 18.9. The van der Waals surface area contributed by atoms with E-state index in [4.69, 9.17) is 4.74 Å². The zero-order chi connectivity index (χ0) is 23.3. The van der Waals surface area contributed by atoms with Crippen molar-refractivity contribution in [3.8, 4) is 0 Å². The van der Waals surface area contributed by atoms with Gasteiger partial charge in [0.05, 0.1) is 11.5 Å². The van der Waals surface area contributed by atoms with Crippen molar-refractivity contribution >= 4 is 22.0 Å². The molecule has 1 spiro atoms. The smallest absolute Gasteiger partial charge is 0.338 e. The molecule has 4 aliphatic rings. The number of carboxylic acid groups (broad SMARTS) is 1. The zero-order valence-corrected chi connectivity index (χ0v) is 19.7. The molecule has 4 nitrogen and oxygen atoms in total. The van der Waals surface area contributed by atoms with Crippen LogP contribution in [0, 0.1) is 29.1 Å². The minimum absolute atomic E-state index is 0.0462. The number of fused-ring (bicyclic) bond motifs is 3. The molecule has 34 heavy (non-hydrogen) atoms. The van der Waals surface area contributed by atoms with E-state index < -0.39 is 16.0 Å². The molecule has 6 atom stereocenters. The number of carbonyl (C=O) groups excluding carboxylic acids is 1. The molecule has 7 rings (SSSR count). The van der Waals surface area contributed by atoms with E-state index >= 15 is 0 Å². The lowest BCUT2D eigenvalue weighted by atomic mass is 10.1. The van der Waals surface area contributed by atoms with Crippen molar-refractivity contribution in [2.75, 3.05) is 6.26 Å². The van der Waals surface area contributed by atoms with Gasteiger partial charge in [-0.3, -0.25) is 4.79 Å². The molecule has 5 heteroatoms. The second kappa shape index (κ2) is 6.54. The third-order valence-electron chi connectivity index (χ3n) is 9.07. The van der Waals surface area contributed by atoms with Crippen molar-refractivity contribution in [1.29, 1.82) is 0 Å². The van der Waals surface area contributed by atoms with Crippen LogP contribution < -0.4 is 0 Å². The summed E-state index contributed by atoms with van der Waals surface area (Å²) >= 11 is 0. The average molecular weight is 471 g/mol. The third-order valence-corrected chi connectivity index (χ3v) is 12.7. The van der Waals surface area contributed by atoms with Crippen LogP contribution >= 0.6 is 10.0 Å². The Kier molecular flexibility index (Phi) is 3.91. The minimum atomic E-state index is -1.47. The van der Waals surface area contributed by atoms with Gasteiger partial charge in [0, 0.05) is 11.8 Å². The SMILES string of the molecule is CS(c1ccccc1)(c1ccccc1)c1ccc(C(=O)OC23CC2C2C(C(=O)O)C24CC34)cc1. The van der Waals surface area contributed by atoms with E-state index in [1.54, 1.807) is 0 Å². The van der Waals surface area contributed by atoms with Crippen LogP contribution in [0.25, 0.3) is 0 Å². The van der Waals surface area contributed by atoms with Gasteiger partial charge in [0.15, 0.2) is 0 Å². The van der Waals surface area contributed by atoms with Gasteiger partial charge in [-0.1, -0.05) is 36.4 Å². The normalized spacial score (nSPS) is 34.3. The monoisotopic (exact) mass is 470 g/mol. The summed E-state index contributed by atoms with van der Waals surface area (Å²) in [5.74, 6) is -0.417. The molecule has 3 aromatic carbocycles. The van der Waals surface area contributed by atoms with E-state index in [1.807, 2.05) is 24.3 Å². The Hall–Kier alpha value is -3.05. The van der Waals surface area contributed by atoms with Crippen LogP contribution in [0.5, 0.6) is 0 Å². The maximum absolute atomic E-state index is 13.1. The number of carbonyl (C=O) groups is 2. The molecule has 0 heterocycles. The topological polar surface area (TPSA) is 63.6 Å². The summed E-state index contributed by atoms with van der Waals surface area (Å²) in [7, 11) is -1.47. The fraction of sp³-hybridized carbons (Fsp3) is 0.310. The van der Waals surface area contributed by atoms with Gasteiger partial charge in [-0.05, 0) is 93.6 Å². The van der Waals surface area contributed by atoms with E-state index in [0.717, 1.165) is 12.8 Å². The number of aliphatic carboxylic acids is 1. The largest absolute Gasteiger partial charge is 0.481 e. The number of hydrogen-bond donors (Lipinski definition) is 1. The van der Waals surface area contributed by atoms with Gasteiger partial charge in [-0.2, -0.15) is 10.0 Å². The van der Waals surface area contributed by atoms with Crippen molar-refractivity contribution in [2.24, 2.45) is 29.1 Å². The molecule has 4 saturated carbocycles. The van der Waals surface area contributed by atoms with Gasteiger partial charge in [0.1, 0.15) is 5.60 Å². The number of esters is 1. The van der Waals surface area contributed by atoms with Gasteiger partial charge >= 0.3 is 11.9 Å². The van der Waals surface area contributed by atoms with Gasteiger partial charge in [-0.25, -0.2) is 4.79 Å². The maximum atomic E-state index is 13.1. The molecule has 1 N–H and O–H groups in total. The quantitative estimate of drug-likeness (QED) is 0.458. The molecule has 4 aliphatic carbocycles. The lowest BCUT2D eigenvalue weighted by Gasteiger charge is -2.37. The fourth-order valence-electron chi connectivity index (χ4n) is 7.31. The van der Waals surface area contributed by atoms with Crippen LogP contribution in [0.3, 0.4) is 0 Å². The van der Waals surface area contributed by atoms with Gasteiger partial charge < -0.3 is 9.84 Å². The maximum Gasteiger partial charge on any atom is 0.338 e. The highest BCUT2D eigenvalue weighted by Gasteiger charge is 2.98. The summed E-state index contributed by atoms with van der Waals surface area (Å²) in [5.41, 5.74) is 0.132. The summed E-state index contributed by atoms with van der Waals surface area (Å²) in [6.07, 6.45) is 4.05. The molecule has 0 saturated heterocycles. The summed E-state index contributed by atoms with van der Waals surface area (Å²) in [5, 5.41) is 9.48. The molecular weight excluding hydrogens is 444 g/mol. The molecule has 172 valence electrons. The Labute approximate surface area is 200 Å². The second-order valence-corrected chi connectivity index (χ2v) is 13.7. The lowest BCUT2D eigenvalue weighted by molar-refractivity contribution is -0.139. The van der Waals surface area contributed by atoms with Crippen LogP contribution in [0.2, 0.25) is 0 Å². The van der Waals surface area contributed by atoms with E-state index in [-0.39, 0.29) is 40.7 Å². The standard InChI is InChI=1S/C29H26O4S/c1-34(19-8-4-2-5-9-19,20-10-6-3-7-11-20)21-14-12-18(13-15-21)27(32)33-29-16-22(29)24-25(26(30)31)28(24)17-23(28)29/h2-15,22-25H,16-17H2,1H3,(H,30,31). The summed E-state index contributed by atoms with van der Waals surface area (Å²) in [6.45, 7) is 0. The van der Waals surface area contributed by atoms with E-state index in [0.29, 0.717) is 5.56 Å². The molecule has 0 bridgehead atoms. The van der Waals surface area contributed by atoms with Crippen molar-refractivity contribution in [2.45, 2.75) is 33.1 Å². The Morgan fingerprint density at radius 2 is 1.41 bits per heavy atom. The summed E-state index contributed by atoms with van der Waals surface area (Å²) in [6, 6.07) is 29.0. The van der Waals surface area contributed by atoms with E-state index in [9.17, 15) is 14.7 Å². The molecular formula is C29H26O4S. The second-order valence-electron chi connectivity index (χ2n) is 10.4. The van der Waals surface area contributed by atoms with Crippen LogP contribution in [-0.2, 0) is 9.53 Å². The van der Waals surface area contributed by atoms with Crippen molar-refractivity contribution < 1.29 is 19.4 Å². The Morgan fingerprint density at radius 3 is 1.91 bits per heavy atom. The number of carboxylic acids is 1. The third kappa shape index (κ3) is 2.46. The van der Waals surface area contributed by atoms with Crippen LogP contribution in [0.15, 0.2) is 99.6 Å². The average Bonchev–Trinajstić information content (AvgIpc) is 3.80. The fourth-order valence-corrected chi connectivity index (χ4v) is 10.2. The van der Waals surface area contributed by atoms with Crippen LogP contribution in [0.4, 0.5) is 0 Å². The van der Waals surface area contributed by atoms with Crippen LogP contribution in [0.1, 0.15) is 23.2 Å². The first-order valence-corrected chi connectivity index (χ1v) is 13.9. The number of ether oxygens (including phenoxy) is 1. The van der Waals surface area contributed by atoms with Crippen molar-refractivity contribution in [1.82, 2.24) is 0 Å². The molecule has 6 unspecified atom stereocenters. The Bertz CT molecular complexity index is 1280. The first-order chi connectivity index (χ1) is 16.4. The van der Waals surface area contributed by atoms with E-state index in [1.165, 1.54) is 14.7 Å². The number of hydrogen-bond acceptors (Lipinski definition) is 3. The highest BCUT2D eigenvalue weighted by molar-refractivity contribution is 8.33. The number of benzene rings is 3. The van der Waals surface area contributed by atoms with Gasteiger partial charge in [0.2, 0.25) is 0 Å². The van der Waals surface area contributed by atoms with Gasteiger partial charge in [-0.15, -0.1) is 0 Å². The number of rotatable bonds is 6. The van der Waals surface area contributed by atoms with Crippen LogP contribution in [-0.4, -0.2) is 28.9 Å². The molecule has 0 aromatic heterocycles. The Balaban J connectivity index is 1.15. The molecule has 3 aromatic rings. The highest BCUT2D eigenvalue weighted by atomic mass is 32.3. The molecule has 4 fully saturated rings. The van der Waals surface area contributed by atoms with Crippen molar-refractivity contribution in [3.05, 3.63) is 90.5 Å². The first-order valence-electron chi connectivity index (χ1n) is 11.9. The molecule has 0 amide bonds. The molecule has 0 aliphatic heterocycles. The summed E-state index contributed by atoms with van der Waals surface area (Å²) < 4.78 is 6.11.